The number of benzene rings is 1. The van der Waals surface area contributed by atoms with Crippen LogP contribution in [0.2, 0.25) is 10.0 Å². The molecule has 0 spiro atoms. The Morgan fingerprint density at radius 1 is 1.03 bits per heavy atom. The number of rotatable bonds is 6. The number of carbonyl (C=O) groups is 3. The van der Waals surface area contributed by atoms with E-state index in [0.29, 0.717) is 33.5 Å². The molecule has 1 unspecified atom stereocenters. The van der Waals surface area contributed by atoms with Gasteiger partial charge in [0, 0.05) is 21.1 Å². The fourth-order valence-corrected chi connectivity index (χ4v) is 6.42. The summed E-state index contributed by atoms with van der Waals surface area (Å²) in [5, 5.41) is 6.15. The molecule has 8 heteroatoms. The van der Waals surface area contributed by atoms with E-state index in [-0.39, 0.29) is 17.9 Å². The lowest BCUT2D eigenvalue weighted by atomic mass is 9.49. The molecule has 30 heavy (non-hydrogen) atoms. The fourth-order valence-electron chi connectivity index (χ4n) is 5.89. The maximum absolute atomic E-state index is 12.9. The summed E-state index contributed by atoms with van der Waals surface area (Å²) in [6.45, 7) is 1.24. The summed E-state index contributed by atoms with van der Waals surface area (Å²) in [6, 6.07) is 4.64. The minimum Gasteiger partial charge on any atom is -0.451 e. The number of amides is 2. The molecule has 0 aromatic heterocycles. The molecule has 5 rings (SSSR count). The van der Waals surface area contributed by atoms with E-state index in [9.17, 15) is 14.4 Å². The molecule has 2 N–H and O–H groups in total. The molecular formula is C22H26Cl2N2O4. The molecule has 162 valence electrons. The Kier molecular flexibility index (Phi) is 5.99. The van der Waals surface area contributed by atoms with Gasteiger partial charge in [-0.05, 0) is 81.4 Å². The first-order valence-corrected chi connectivity index (χ1v) is 11.2. The second-order valence-corrected chi connectivity index (χ2v) is 10.0. The summed E-state index contributed by atoms with van der Waals surface area (Å²) < 4.78 is 5.18. The number of carbonyl (C=O) groups excluding carboxylic acids is 3. The molecule has 0 radical (unpaired) electrons. The molecule has 4 aliphatic rings. The highest BCUT2D eigenvalue weighted by Crippen LogP contribution is 2.60. The number of esters is 1. The monoisotopic (exact) mass is 452 g/mol. The standard InChI is InChI=1S/C22H26Cl2N2O4/c1-12(20(28)26-18-6-16(23)5-17(24)7-18)30-19(27)11-25-21(29)22-8-13-2-14(9-22)4-15(3-13)10-22/h5-7,12-15H,2-4,8-11H2,1H3,(H,25,29)(H,26,28). The van der Waals surface area contributed by atoms with E-state index in [1.807, 2.05) is 0 Å². The van der Waals surface area contributed by atoms with Crippen LogP contribution in [0.1, 0.15) is 45.4 Å². The van der Waals surface area contributed by atoms with Gasteiger partial charge in [-0.1, -0.05) is 23.2 Å². The van der Waals surface area contributed by atoms with Crippen molar-refractivity contribution in [2.45, 2.75) is 51.6 Å². The van der Waals surface area contributed by atoms with Crippen molar-refractivity contribution in [3.8, 4) is 0 Å². The Bertz CT molecular complexity index is 817. The smallest absolute Gasteiger partial charge is 0.326 e. The predicted molar refractivity (Wildman–Crippen MR) is 114 cm³/mol. The first-order valence-electron chi connectivity index (χ1n) is 10.5. The van der Waals surface area contributed by atoms with E-state index in [0.717, 1.165) is 19.3 Å². The molecule has 6 nitrogen and oxygen atoms in total. The Morgan fingerprint density at radius 3 is 2.10 bits per heavy atom. The van der Waals surface area contributed by atoms with Gasteiger partial charge < -0.3 is 15.4 Å². The third-order valence-corrected chi connectivity index (χ3v) is 7.16. The number of halogens is 2. The minimum atomic E-state index is -1.02. The van der Waals surface area contributed by atoms with Crippen LogP contribution in [0.15, 0.2) is 18.2 Å². The quantitative estimate of drug-likeness (QED) is 0.633. The molecule has 1 aromatic carbocycles. The molecule has 4 saturated carbocycles. The first kappa shape index (κ1) is 21.4. The predicted octanol–water partition coefficient (Wildman–Crippen LogP) is 4.20. The lowest BCUT2D eigenvalue weighted by Gasteiger charge is -2.55. The Hall–Kier alpha value is -1.79. The van der Waals surface area contributed by atoms with Gasteiger partial charge in [0.05, 0.1) is 0 Å². The van der Waals surface area contributed by atoms with Crippen LogP contribution in [0.5, 0.6) is 0 Å². The van der Waals surface area contributed by atoms with Crippen molar-refractivity contribution in [3.05, 3.63) is 28.2 Å². The number of anilines is 1. The Labute approximate surface area is 186 Å². The molecule has 0 saturated heterocycles. The molecule has 4 bridgehead atoms. The van der Waals surface area contributed by atoms with Crippen LogP contribution in [-0.2, 0) is 19.1 Å². The maximum atomic E-state index is 12.9. The zero-order chi connectivity index (χ0) is 21.5. The van der Waals surface area contributed by atoms with Gasteiger partial charge in [-0.3, -0.25) is 14.4 Å². The van der Waals surface area contributed by atoms with Crippen LogP contribution < -0.4 is 10.6 Å². The molecular weight excluding hydrogens is 427 g/mol. The number of hydrogen-bond donors (Lipinski definition) is 2. The molecule has 1 atom stereocenters. The lowest BCUT2D eigenvalue weighted by Crippen LogP contribution is -2.54. The van der Waals surface area contributed by atoms with Gasteiger partial charge in [0.2, 0.25) is 5.91 Å². The Morgan fingerprint density at radius 2 is 1.57 bits per heavy atom. The molecule has 4 fully saturated rings. The summed E-state index contributed by atoms with van der Waals surface area (Å²) >= 11 is 11.8. The van der Waals surface area contributed by atoms with E-state index in [4.69, 9.17) is 27.9 Å². The highest BCUT2D eigenvalue weighted by molar-refractivity contribution is 6.35. The van der Waals surface area contributed by atoms with E-state index in [1.54, 1.807) is 18.2 Å². The largest absolute Gasteiger partial charge is 0.451 e. The average Bonchev–Trinajstić information content (AvgIpc) is 2.64. The third kappa shape index (κ3) is 4.59. The highest BCUT2D eigenvalue weighted by atomic mass is 35.5. The molecule has 1 aromatic rings. The second-order valence-electron chi connectivity index (χ2n) is 9.16. The van der Waals surface area contributed by atoms with Crippen LogP contribution in [0.3, 0.4) is 0 Å². The van der Waals surface area contributed by atoms with Gasteiger partial charge in [0.1, 0.15) is 6.54 Å². The summed E-state index contributed by atoms with van der Waals surface area (Å²) in [6.07, 6.45) is 5.52. The van der Waals surface area contributed by atoms with E-state index in [2.05, 4.69) is 10.6 Å². The van der Waals surface area contributed by atoms with Crippen molar-refractivity contribution in [1.29, 1.82) is 0 Å². The van der Waals surface area contributed by atoms with Gasteiger partial charge in [0.15, 0.2) is 6.10 Å². The van der Waals surface area contributed by atoms with Gasteiger partial charge in [-0.15, -0.1) is 0 Å². The number of nitrogens with one attached hydrogen (secondary N) is 2. The molecule has 0 aliphatic heterocycles. The van der Waals surface area contributed by atoms with Crippen LogP contribution in [0.25, 0.3) is 0 Å². The Balaban J connectivity index is 1.26. The average molecular weight is 453 g/mol. The van der Waals surface area contributed by atoms with E-state index >= 15 is 0 Å². The van der Waals surface area contributed by atoms with Crippen molar-refractivity contribution in [2.75, 3.05) is 11.9 Å². The van der Waals surface area contributed by atoms with Crippen molar-refractivity contribution >= 4 is 46.7 Å². The zero-order valence-electron chi connectivity index (χ0n) is 16.9. The minimum absolute atomic E-state index is 0.0378. The van der Waals surface area contributed by atoms with Gasteiger partial charge in [-0.25, -0.2) is 0 Å². The fraction of sp³-hybridized carbons (Fsp3) is 0.591. The SMILES string of the molecule is CC(OC(=O)CNC(=O)C12CC3CC(CC(C3)C1)C2)C(=O)Nc1cc(Cl)cc(Cl)c1. The van der Waals surface area contributed by atoms with Crippen molar-refractivity contribution in [3.63, 3.8) is 0 Å². The van der Waals surface area contributed by atoms with Crippen molar-refractivity contribution in [2.24, 2.45) is 23.2 Å². The summed E-state index contributed by atoms with van der Waals surface area (Å²) in [5.74, 6) is 0.770. The number of hydrogen-bond acceptors (Lipinski definition) is 4. The second kappa shape index (κ2) is 8.39. The topological polar surface area (TPSA) is 84.5 Å². The normalized spacial score (nSPS) is 29.9. The molecule has 0 heterocycles. The van der Waals surface area contributed by atoms with Crippen LogP contribution in [0.4, 0.5) is 5.69 Å². The van der Waals surface area contributed by atoms with Crippen molar-refractivity contribution < 1.29 is 19.1 Å². The number of ether oxygens (including phenoxy) is 1. The van der Waals surface area contributed by atoms with Gasteiger partial charge in [-0.2, -0.15) is 0 Å². The molecule has 2 amide bonds. The highest BCUT2D eigenvalue weighted by Gasteiger charge is 2.54. The summed E-state index contributed by atoms with van der Waals surface area (Å²) in [5.41, 5.74) is 0.0969. The molecule has 4 aliphatic carbocycles. The summed E-state index contributed by atoms with van der Waals surface area (Å²) in [7, 11) is 0. The van der Waals surface area contributed by atoms with E-state index in [1.165, 1.54) is 26.2 Å². The van der Waals surface area contributed by atoms with Gasteiger partial charge >= 0.3 is 5.97 Å². The van der Waals surface area contributed by atoms with Crippen LogP contribution in [0, 0.1) is 23.2 Å². The third-order valence-electron chi connectivity index (χ3n) is 6.72. The van der Waals surface area contributed by atoms with Crippen LogP contribution >= 0.6 is 23.2 Å². The van der Waals surface area contributed by atoms with E-state index < -0.39 is 18.0 Å². The maximum Gasteiger partial charge on any atom is 0.326 e. The van der Waals surface area contributed by atoms with Crippen LogP contribution in [-0.4, -0.2) is 30.4 Å². The lowest BCUT2D eigenvalue weighted by molar-refractivity contribution is -0.155. The van der Waals surface area contributed by atoms with Crippen molar-refractivity contribution in [1.82, 2.24) is 5.32 Å². The summed E-state index contributed by atoms with van der Waals surface area (Å²) in [4.78, 5) is 37.4. The zero-order valence-corrected chi connectivity index (χ0v) is 18.4. The first-order chi connectivity index (χ1) is 14.2. The van der Waals surface area contributed by atoms with Gasteiger partial charge in [0.25, 0.3) is 5.91 Å².